The number of allylic oxidation sites excluding steroid dienone is 2. The van der Waals surface area contributed by atoms with Crippen molar-refractivity contribution >= 4 is 5.69 Å². The molecule has 1 saturated carbocycles. The van der Waals surface area contributed by atoms with Crippen LogP contribution in [0.5, 0.6) is 0 Å². The van der Waals surface area contributed by atoms with E-state index >= 15 is 0 Å². The van der Waals surface area contributed by atoms with Gasteiger partial charge in [-0.05, 0) is 54.9 Å². The maximum atomic E-state index is 5.30. The predicted octanol–water partition coefficient (Wildman–Crippen LogP) is 3.97. The predicted molar refractivity (Wildman–Crippen MR) is 79.3 cm³/mol. The normalized spacial score (nSPS) is 27.1. The van der Waals surface area contributed by atoms with Gasteiger partial charge in [-0.25, -0.2) is 4.98 Å². The summed E-state index contributed by atoms with van der Waals surface area (Å²) in [6, 6.07) is 8.37. The topological polar surface area (TPSA) is 38.1 Å². The minimum Gasteiger partial charge on any atom is -0.444 e. The smallest absolute Gasteiger partial charge is 0.181 e. The van der Waals surface area contributed by atoms with Crippen molar-refractivity contribution < 1.29 is 4.42 Å². The summed E-state index contributed by atoms with van der Waals surface area (Å²) in [4.78, 5) is 3.94. The first kappa shape index (κ1) is 11.8. The molecule has 2 aliphatic carbocycles. The van der Waals surface area contributed by atoms with Crippen LogP contribution in [0.4, 0.5) is 5.69 Å². The Morgan fingerprint density at radius 2 is 2.05 bits per heavy atom. The van der Waals surface area contributed by atoms with Gasteiger partial charge in [-0.15, -0.1) is 0 Å². The van der Waals surface area contributed by atoms with E-state index in [-0.39, 0.29) is 0 Å². The van der Waals surface area contributed by atoms with Gasteiger partial charge in [0, 0.05) is 17.8 Å². The maximum Gasteiger partial charge on any atom is 0.181 e. The van der Waals surface area contributed by atoms with Gasteiger partial charge in [-0.3, -0.25) is 0 Å². The number of oxazole rings is 1. The number of benzene rings is 1. The summed E-state index contributed by atoms with van der Waals surface area (Å²) >= 11 is 0. The van der Waals surface area contributed by atoms with Crippen LogP contribution in [0.25, 0.3) is 11.3 Å². The Balaban J connectivity index is 1.39. The lowest BCUT2D eigenvalue weighted by Gasteiger charge is -2.19. The SMILES string of the molecule is C1=CC2CC1CC2CNc1ccc(-c2cnco2)cc1. The number of rotatable bonds is 4. The molecule has 4 rings (SSSR count). The molecule has 3 atom stereocenters. The lowest BCUT2D eigenvalue weighted by atomic mass is 9.93. The van der Waals surface area contributed by atoms with E-state index in [1.165, 1.54) is 24.9 Å². The Kier molecular flexibility index (Phi) is 2.84. The number of fused-ring (bicyclic) bond motifs is 2. The minimum atomic E-state index is 0.805. The molecule has 0 radical (unpaired) electrons. The van der Waals surface area contributed by atoms with Crippen LogP contribution >= 0.6 is 0 Å². The maximum absolute atomic E-state index is 5.30. The highest BCUT2D eigenvalue weighted by Crippen LogP contribution is 2.43. The van der Waals surface area contributed by atoms with Crippen molar-refractivity contribution in [1.29, 1.82) is 0 Å². The molecule has 3 unspecified atom stereocenters. The van der Waals surface area contributed by atoms with E-state index in [9.17, 15) is 0 Å². The summed E-state index contributed by atoms with van der Waals surface area (Å²) in [6.07, 6.45) is 10.7. The zero-order valence-corrected chi connectivity index (χ0v) is 11.3. The van der Waals surface area contributed by atoms with Gasteiger partial charge in [-0.2, -0.15) is 0 Å². The lowest BCUT2D eigenvalue weighted by Crippen LogP contribution is -2.18. The number of nitrogens with zero attached hydrogens (tertiary/aromatic N) is 1. The number of hydrogen-bond acceptors (Lipinski definition) is 3. The highest BCUT2D eigenvalue weighted by atomic mass is 16.3. The third-order valence-corrected chi connectivity index (χ3v) is 4.59. The molecule has 102 valence electrons. The van der Waals surface area contributed by atoms with Crippen molar-refractivity contribution in [1.82, 2.24) is 4.98 Å². The second kappa shape index (κ2) is 4.82. The Morgan fingerprint density at radius 1 is 1.15 bits per heavy atom. The van der Waals surface area contributed by atoms with Crippen molar-refractivity contribution in [3.63, 3.8) is 0 Å². The summed E-state index contributed by atoms with van der Waals surface area (Å²) in [5, 5.41) is 3.56. The Morgan fingerprint density at radius 3 is 2.70 bits per heavy atom. The largest absolute Gasteiger partial charge is 0.444 e. The van der Waals surface area contributed by atoms with Crippen LogP contribution in [-0.4, -0.2) is 11.5 Å². The Hall–Kier alpha value is -2.03. The van der Waals surface area contributed by atoms with Crippen molar-refractivity contribution in [2.24, 2.45) is 17.8 Å². The van der Waals surface area contributed by atoms with Crippen LogP contribution in [0.1, 0.15) is 12.8 Å². The number of nitrogens with one attached hydrogen (secondary N) is 1. The van der Waals surface area contributed by atoms with Gasteiger partial charge < -0.3 is 9.73 Å². The van der Waals surface area contributed by atoms with Gasteiger partial charge in [-0.1, -0.05) is 12.2 Å². The molecule has 0 aliphatic heterocycles. The van der Waals surface area contributed by atoms with E-state index in [1.54, 1.807) is 6.20 Å². The zero-order valence-electron chi connectivity index (χ0n) is 11.3. The van der Waals surface area contributed by atoms with Gasteiger partial charge in [0.2, 0.25) is 0 Å². The van der Waals surface area contributed by atoms with Gasteiger partial charge in [0.1, 0.15) is 0 Å². The fraction of sp³-hybridized carbons (Fsp3) is 0.353. The Bertz CT molecular complexity index is 600. The fourth-order valence-electron chi connectivity index (χ4n) is 3.49. The van der Waals surface area contributed by atoms with E-state index in [2.05, 4.69) is 46.7 Å². The molecule has 1 N–H and O–H groups in total. The lowest BCUT2D eigenvalue weighted by molar-refractivity contribution is 0.472. The van der Waals surface area contributed by atoms with Crippen molar-refractivity contribution in [3.8, 4) is 11.3 Å². The highest BCUT2D eigenvalue weighted by molar-refractivity contribution is 5.60. The average Bonchev–Trinajstić information content (AvgIpc) is 3.22. The molecular weight excluding hydrogens is 248 g/mol. The monoisotopic (exact) mass is 266 g/mol. The quantitative estimate of drug-likeness (QED) is 0.851. The molecule has 3 nitrogen and oxygen atoms in total. The molecule has 0 saturated heterocycles. The van der Waals surface area contributed by atoms with Crippen LogP contribution < -0.4 is 5.32 Å². The third-order valence-electron chi connectivity index (χ3n) is 4.59. The van der Waals surface area contributed by atoms with E-state index in [1.807, 2.05) is 0 Å². The standard InChI is InChI=1S/C17H18N2O/c1-2-14-7-12(1)8-15(14)9-19-16-5-3-13(4-6-16)17-10-18-11-20-17/h1-6,10-12,14-15,19H,7-9H2. The van der Waals surface area contributed by atoms with Crippen LogP contribution in [-0.2, 0) is 0 Å². The average molecular weight is 266 g/mol. The third kappa shape index (κ3) is 2.13. The van der Waals surface area contributed by atoms with E-state index in [4.69, 9.17) is 4.42 Å². The summed E-state index contributed by atoms with van der Waals surface area (Å²) in [6.45, 7) is 1.08. The van der Waals surface area contributed by atoms with E-state index in [0.29, 0.717) is 0 Å². The summed E-state index contributed by atoms with van der Waals surface area (Å²) < 4.78 is 5.30. The number of anilines is 1. The molecule has 20 heavy (non-hydrogen) atoms. The molecule has 1 aromatic carbocycles. The molecule has 2 aliphatic rings. The summed E-state index contributed by atoms with van der Waals surface area (Å²) in [7, 11) is 0. The van der Waals surface area contributed by atoms with Gasteiger partial charge >= 0.3 is 0 Å². The summed E-state index contributed by atoms with van der Waals surface area (Å²) in [5.41, 5.74) is 2.25. The molecule has 2 aromatic rings. The van der Waals surface area contributed by atoms with Crippen LogP contribution in [0.15, 0.2) is 53.4 Å². The fourth-order valence-corrected chi connectivity index (χ4v) is 3.49. The first-order valence-electron chi connectivity index (χ1n) is 7.29. The highest BCUT2D eigenvalue weighted by Gasteiger charge is 2.35. The molecule has 1 fully saturated rings. The van der Waals surface area contributed by atoms with Gasteiger partial charge in [0.15, 0.2) is 12.2 Å². The summed E-state index contributed by atoms with van der Waals surface area (Å²) in [5.74, 6) is 3.27. The van der Waals surface area contributed by atoms with Gasteiger partial charge in [0.05, 0.1) is 6.20 Å². The van der Waals surface area contributed by atoms with Crippen molar-refractivity contribution in [2.45, 2.75) is 12.8 Å². The van der Waals surface area contributed by atoms with Crippen LogP contribution in [0.2, 0.25) is 0 Å². The van der Waals surface area contributed by atoms with Crippen LogP contribution in [0, 0.1) is 17.8 Å². The van der Waals surface area contributed by atoms with Crippen molar-refractivity contribution in [2.75, 3.05) is 11.9 Å². The molecule has 0 amide bonds. The molecule has 2 bridgehead atoms. The second-order valence-corrected chi connectivity index (χ2v) is 5.86. The minimum absolute atomic E-state index is 0.805. The van der Waals surface area contributed by atoms with Crippen molar-refractivity contribution in [3.05, 3.63) is 49.0 Å². The molecule has 1 heterocycles. The van der Waals surface area contributed by atoms with E-state index < -0.39 is 0 Å². The molecule has 3 heteroatoms. The number of hydrogen-bond donors (Lipinski definition) is 1. The van der Waals surface area contributed by atoms with E-state index in [0.717, 1.165) is 35.6 Å². The van der Waals surface area contributed by atoms with Crippen LogP contribution in [0.3, 0.4) is 0 Å². The Labute approximate surface area is 118 Å². The zero-order chi connectivity index (χ0) is 13.4. The number of aromatic nitrogens is 1. The first-order valence-corrected chi connectivity index (χ1v) is 7.29. The first-order chi connectivity index (χ1) is 9.88. The van der Waals surface area contributed by atoms with Gasteiger partial charge in [0.25, 0.3) is 0 Å². The molecule has 0 spiro atoms. The second-order valence-electron chi connectivity index (χ2n) is 5.86. The molecular formula is C17H18N2O. The molecule has 1 aromatic heterocycles.